The molecule has 0 fully saturated rings. The van der Waals surface area contributed by atoms with Gasteiger partial charge in [-0.3, -0.25) is 4.79 Å². The van der Waals surface area contributed by atoms with Gasteiger partial charge >= 0.3 is 5.97 Å². The predicted molar refractivity (Wildman–Crippen MR) is 89.3 cm³/mol. The summed E-state index contributed by atoms with van der Waals surface area (Å²) in [5, 5.41) is 9.19. The Hall–Kier alpha value is -2.62. The van der Waals surface area contributed by atoms with Gasteiger partial charge in [-0.15, -0.1) is 0 Å². The number of hydrogen-bond acceptors (Lipinski definition) is 2. The molecule has 2 aromatic rings. The predicted octanol–water partition coefficient (Wildman–Crippen LogP) is 3.37. The number of amides is 1. The minimum absolute atomic E-state index is 0.0385. The number of carbonyl (C=O) groups excluding carboxylic acids is 1. The van der Waals surface area contributed by atoms with Crippen molar-refractivity contribution in [3.63, 3.8) is 0 Å². The number of aryl methyl sites for hydroxylation is 1. The number of aromatic carboxylic acids is 1. The lowest BCUT2D eigenvalue weighted by Crippen LogP contribution is -2.30. The fourth-order valence-electron chi connectivity index (χ4n) is 2.53. The third-order valence-corrected chi connectivity index (χ3v) is 3.81. The molecule has 0 aliphatic carbocycles. The molecule has 0 saturated heterocycles. The monoisotopic (exact) mass is 311 g/mol. The highest BCUT2D eigenvalue weighted by Crippen LogP contribution is 2.13. The Morgan fingerprint density at radius 1 is 1.00 bits per heavy atom. The second-order valence-corrected chi connectivity index (χ2v) is 5.36. The van der Waals surface area contributed by atoms with E-state index in [2.05, 4.69) is 0 Å². The van der Waals surface area contributed by atoms with Crippen LogP contribution in [0.3, 0.4) is 0 Å². The second kappa shape index (κ2) is 8.13. The molecule has 0 aliphatic rings. The minimum atomic E-state index is -0.954. The summed E-state index contributed by atoms with van der Waals surface area (Å²) in [6.07, 6.45) is 0.748. The van der Waals surface area contributed by atoms with E-state index in [1.165, 1.54) is 0 Å². The Kier molecular flexibility index (Phi) is 5.92. The average Bonchev–Trinajstić information content (AvgIpc) is 2.58. The van der Waals surface area contributed by atoms with Gasteiger partial charge in [0.25, 0.3) is 0 Å². The molecule has 0 unspecified atom stereocenters. The van der Waals surface area contributed by atoms with Gasteiger partial charge in [0.1, 0.15) is 0 Å². The number of rotatable bonds is 7. The molecule has 1 amide bonds. The molecule has 0 atom stereocenters. The van der Waals surface area contributed by atoms with Crippen LogP contribution in [0.1, 0.15) is 34.8 Å². The van der Waals surface area contributed by atoms with E-state index in [0.717, 1.165) is 5.56 Å². The molecule has 2 rings (SSSR count). The normalized spacial score (nSPS) is 10.3. The lowest BCUT2D eigenvalue weighted by molar-refractivity contribution is -0.131. The van der Waals surface area contributed by atoms with Crippen LogP contribution in [0, 0.1) is 0 Å². The quantitative estimate of drug-likeness (QED) is 0.853. The molecule has 0 spiro atoms. The maximum atomic E-state index is 12.4. The van der Waals surface area contributed by atoms with E-state index >= 15 is 0 Å². The lowest BCUT2D eigenvalue weighted by atomic mass is 10.0. The average molecular weight is 311 g/mol. The molecule has 0 aliphatic heterocycles. The molecule has 0 heterocycles. The summed E-state index contributed by atoms with van der Waals surface area (Å²) >= 11 is 0. The molecule has 0 aromatic heterocycles. The van der Waals surface area contributed by atoms with E-state index in [9.17, 15) is 14.7 Å². The van der Waals surface area contributed by atoms with Gasteiger partial charge in [-0.2, -0.15) is 0 Å². The number of hydrogen-bond donors (Lipinski definition) is 1. The zero-order chi connectivity index (χ0) is 16.7. The SMILES string of the molecule is CCN(Cc1ccccc1)C(=O)CCc1ccccc1C(=O)O. The number of benzene rings is 2. The van der Waals surface area contributed by atoms with E-state index in [1.54, 1.807) is 29.2 Å². The number of carbonyl (C=O) groups is 2. The Labute approximate surface area is 136 Å². The van der Waals surface area contributed by atoms with Crippen molar-refractivity contribution in [2.45, 2.75) is 26.3 Å². The maximum Gasteiger partial charge on any atom is 0.335 e. The second-order valence-electron chi connectivity index (χ2n) is 5.36. The van der Waals surface area contributed by atoms with Crippen molar-refractivity contribution in [2.75, 3.05) is 6.54 Å². The van der Waals surface area contributed by atoms with Crippen molar-refractivity contribution < 1.29 is 14.7 Å². The van der Waals surface area contributed by atoms with E-state index in [1.807, 2.05) is 37.3 Å². The van der Waals surface area contributed by atoms with Gasteiger partial charge in [0.15, 0.2) is 0 Å². The van der Waals surface area contributed by atoms with E-state index in [4.69, 9.17) is 0 Å². The molecular weight excluding hydrogens is 290 g/mol. The molecule has 23 heavy (non-hydrogen) atoms. The van der Waals surface area contributed by atoms with Gasteiger partial charge < -0.3 is 10.0 Å². The third kappa shape index (κ3) is 4.68. The first-order valence-corrected chi connectivity index (χ1v) is 7.74. The standard InChI is InChI=1S/C19H21NO3/c1-2-20(14-15-8-4-3-5-9-15)18(21)13-12-16-10-6-7-11-17(16)19(22)23/h3-11H,2,12-14H2,1H3,(H,22,23). The molecule has 0 saturated carbocycles. The van der Waals surface area contributed by atoms with Gasteiger partial charge in [0.05, 0.1) is 5.56 Å². The smallest absolute Gasteiger partial charge is 0.335 e. The summed E-state index contributed by atoms with van der Waals surface area (Å²) in [5.41, 5.74) is 2.06. The van der Waals surface area contributed by atoms with Crippen molar-refractivity contribution in [3.05, 3.63) is 71.3 Å². The number of carboxylic acids is 1. The molecule has 1 N–H and O–H groups in total. The van der Waals surface area contributed by atoms with Crippen LogP contribution in [0.25, 0.3) is 0 Å². The Bertz CT molecular complexity index is 667. The Morgan fingerprint density at radius 2 is 1.65 bits per heavy atom. The first-order chi connectivity index (χ1) is 11.1. The minimum Gasteiger partial charge on any atom is -0.478 e. The van der Waals surface area contributed by atoms with Crippen molar-refractivity contribution in [1.29, 1.82) is 0 Å². The van der Waals surface area contributed by atoms with Crippen molar-refractivity contribution in [1.82, 2.24) is 4.90 Å². The van der Waals surface area contributed by atoms with E-state index in [0.29, 0.717) is 31.5 Å². The summed E-state index contributed by atoms with van der Waals surface area (Å²) in [5.74, 6) is -0.916. The van der Waals surface area contributed by atoms with E-state index < -0.39 is 5.97 Å². The van der Waals surface area contributed by atoms with Crippen LogP contribution in [0.2, 0.25) is 0 Å². The Balaban J connectivity index is 1.99. The molecule has 0 radical (unpaired) electrons. The largest absolute Gasteiger partial charge is 0.478 e. The van der Waals surface area contributed by atoms with Crippen molar-refractivity contribution >= 4 is 11.9 Å². The van der Waals surface area contributed by atoms with Crippen LogP contribution in [0.15, 0.2) is 54.6 Å². The lowest BCUT2D eigenvalue weighted by Gasteiger charge is -2.21. The summed E-state index contributed by atoms with van der Waals surface area (Å²) in [7, 11) is 0. The number of nitrogens with zero attached hydrogens (tertiary/aromatic N) is 1. The summed E-state index contributed by atoms with van der Waals surface area (Å²) in [6, 6.07) is 16.7. The van der Waals surface area contributed by atoms with Gasteiger partial charge in [0, 0.05) is 19.5 Å². The van der Waals surface area contributed by atoms with Crippen molar-refractivity contribution in [3.8, 4) is 0 Å². The fourth-order valence-corrected chi connectivity index (χ4v) is 2.53. The van der Waals surface area contributed by atoms with Crippen LogP contribution in [-0.4, -0.2) is 28.4 Å². The zero-order valence-corrected chi connectivity index (χ0v) is 13.2. The van der Waals surface area contributed by atoms with Gasteiger partial charge in [-0.1, -0.05) is 48.5 Å². The van der Waals surface area contributed by atoms with Gasteiger partial charge in [0.2, 0.25) is 5.91 Å². The van der Waals surface area contributed by atoms with Crippen LogP contribution in [-0.2, 0) is 17.8 Å². The summed E-state index contributed by atoms with van der Waals surface area (Å²) < 4.78 is 0. The topological polar surface area (TPSA) is 57.6 Å². The zero-order valence-electron chi connectivity index (χ0n) is 13.2. The van der Waals surface area contributed by atoms with Crippen LogP contribution in [0.4, 0.5) is 0 Å². The van der Waals surface area contributed by atoms with E-state index in [-0.39, 0.29) is 11.5 Å². The molecule has 2 aromatic carbocycles. The summed E-state index contributed by atoms with van der Waals surface area (Å²) in [4.78, 5) is 25.4. The van der Waals surface area contributed by atoms with Crippen molar-refractivity contribution in [2.24, 2.45) is 0 Å². The van der Waals surface area contributed by atoms with Gasteiger partial charge in [-0.05, 0) is 30.5 Å². The first-order valence-electron chi connectivity index (χ1n) is 7.74. The molecule has 0 bridgehead atoms. The molecule has 4 nitrogen and oxygen atoms in total. The molecular formula is C19H21NO3. The first kappa shape index (κ1) is 16.7. The summed E-state index contributed by atoms with van der Waals surface area (Å²) in [6.45, 7) is 3.16. The third-order valence-electron chi connectivity index (χ3n) is 3.81. The highest BCUT2D eigenvalue weighted by atomic mass is 16.4. The molecule has 4 heteroatoms. The Morgan fingerprint density at radius 3 is 2.30 bits per heavy atom. The van der Waals surface area contributed by atoms with Crippen LogP contribution >= 0.6 is 0 Å². The van der Waals surface area contributed by atoms with Gasteiger partial charge in [-0.25, -0.2) is 4.79 Å². The highest BCUT2D eigenvalue weighted by molar-refractivity contribution is 5.89. The van der Waals surface area contributed by atoms with Crippen LogP contribution in [0.5, 0.6) is 0 Å². The number of carboxylic acid groups (broad SMARTS) is 1. The van der Waals surface area contributed by atoms with Crippen LogP contribution < -0.4 is 0 Å². The molecule has 120 valence electrons. The fraction of sp³-hybridized carbons (Fsp3) is 0.263. The highest BCUT2D eigenvalue weighted by Gasteiger charge is 2.14. The maximum absolute atomic E-state index is 12.4.